The lowest BCUT2D eigenvalue weighted by Gasteiger charge is -1.76. The summed E-state index contributed by atoms with van der Waals surface area (Å²) >= 11 is 0. The van der Waals surface area contributed by atoms with Crippen LogP contribution in [0.4, 0.5) is 0 Å². The van der Waals surface area contributed by atoms with E-state index in [0.717, 1.165) is 0 Å². The number of hydrogen-bond acceptors (Lipinski definition) is 4. The summed E-state index contributed by atoms with van der Waals surface area (Å²) in [6.07, 6.45) is 6.27. The summed E-state index contributed by atoms with van der Waals surface area (Å²) in [5, 5.41) is 6.44. The SMILES string of the molecule is C1CCNC1.C1CCNC1.CS(=O)(=O)O. The zero-order valence-corrected chi connectivity index (χ0v) is 10.1. The van der Waals surface area contributed by atoms with Gasteiger partial charge in [0.2, 0.25) is 0 Å². The molecule has 5 nitrogen and oxygen atoms in total. The zero-order chi connectivity index (χ0) is 11.6. The third-order valence-electron chi connectivity index (χ3n) is 1.91. The molecule has 2 fully saturated rings. The Labute approximate surface area is 92.4 Å². The Kier molecular flexibility index (Phi) is 8.98. The Bertz CT molecular complexity index is 188. The molecule has 3 N–H and O–H groups in total. The third-order valence-corrected chi connectivity index (χ3v) is 1.91. The van der Waals surface area contributed by atoms with Gasteiger partial charge in [-0.15, -0.1) is 0 Å². The maximum atomic E-state index is 9.19. The predicted octanol–water partition coefficient (Wildman–Crippen LogP) is 0.244. The van der Waals surface area contributed by atoms with Gasteiger partial charge in [0, 0.05) is 0 Å². The van der Waals surface area contributed by atoms with Gasteiger partial charge in [0.15, 0.2) is 0 Å². The van der Waals surface area contributed by atoms with Gasteiger partial charge >= 0.3 is 0 Å². The molecule has 2 saturated heterocycles. The van der Waals surface area contributed by atoms with Gasteiger partial charge in [-0.3, -0.25) is 4.55 Å². The Balaban J connectivity index is 0.000000196. The van der Waals surface area contributed by atoms with Crippen molar-refractivity contribution in [3.05, 3.63) is 0 Å². The minimum Gasteiger partial charge on any atom is -0.317 e. The molecule has 0 spiro atoms. The van der Waals surface area contributed by atoms with Crippen LogP contribution in [0, 0.1) is 0 Å². The monoisotopic (exact) mass is 238 g/mol. The summed E-state index contributed by atoms with van der Waals surface area (Å²) in [6.45, 7) is 5.00. The highest BCUT2D eigenvalue weighted by molar-refractivity contribution is 7.85. The van der Waals surface area contributed by atoms with Crippen LogP contribution in [0.15, 0.2) is 0 Å². The van der Waals surface area contributed by atoms with Crippen LogP contribution in [0.5, 0.6) is 0 Å². The quantitative estimate of drug-likeness (QED) is 0.527. The molecular formula is C9H22N2O3S. The lowest BCUT2D eigenvalue weighted by atomic mass is 10.4. The molecule has 2 aliphatic heterocycles. The Hall–Kier alpha value is -0.170. The van der Waals surface area contributed by atoms with Crippen molar-refractivity contribution in [2.75, 3.05) is 32.4 Å². The van der Waals surface area contributed by atoms with Gasteiger partial charge in [0.25, 0.3) is 10.1 Å². The van der Waals surface area contributed by atoms with Crippen molar-refractivity contribution in [3.63, 3.8) is 0 Å². The van der Waals surface area contributed by atoms with Crippen molar-refractivity contribution in [1.82, 2.24) is 10.6 Å². The van der Waals surface area contributed by atoms with E-state index in [4.69, 9.17) is 4.55 Å². The van der Waals surface area contributed by atoms with E-state index in [1.807, 2.05) is 0 Å². The van der Waals surface area contributed by atoms with Crippen LogP contribution in [0.25, 0.3) is 0 Å². The van der Waals surface area contributed by atoms with Crippen LogP contribution in [-0.2, 0) is 10.1 Å². The molecule has 0 aliphatic carbocycles. The standard InChI is InChI=1S/2C4H9N.CH4O3S/c2*1-2-4-5-3-1;1-5(2,3)4/h2*5H,1-4H2;1H3,(H,2,3,4). The molecule has 15 heavy (non-hydrogen) atoms. The highest BCUT2D eigenvalue weighted by Gasteiger charge is 1.93. The van der Waals surface area contributed by atoms with E-state index in [0.29, 0.717) is 6.26 Å². The number of hydrogen-bond donors (Lipinski definition) is 3. The van der Waals surface area contributed by atoms with E-state index in [2.05, 4.69) is 10.6 Å². The van der Waals surface area contributed by atoms with E-state index in [1.54, 1.807) is 0 Å². The summed E-state index contributed by atoms with van der Waals surface area (Å²) in [5.41, 5.74) is 0. The third kappa shape index (κ3) is 20.0. The second-order valence-electron chi connectivity index (χ2n) is 3.65. The van der Waals surface area contributed by atoms with Crippen LogP contribution in [0.3, 0.4) is 0 Å². The molecule has 92 valence electrons. The van der Waals surface area contributed by atoms with Gasteiger partial charge in [-0.05, 0) is 51.9 Å². The number of rotatable bonds is 0. The summed E-state index contributed by atoms with van der Waals surface area (Å²) in [7, 11) is -3.67. The molecule has 2 aliphatic rings. The van der Waals surface area contributed by atoms with Gasteiger partial charge < -0.3 is 10.6 Å². The topological polar surface area (TPSA) is 78.4 Å². The predicted molar refractivity (Wildman–Crippen MR) is 61.7 cm³/mol. The first-order valence-corrected chi connectivity index (χ1v) is 7.19. The van der Waals surface area contributed by atoms with E-state index in [1.165, 1.54) is 51.9 Å². The average Bonchev–Trinajstić information content (AvgIpc) is 2.81. The van der Waals surface area contributed by atoms with E-state index >= 15 is 0 Å². The lowest BCUT2D eigenvalue weighted by Crippen LogP contribution is -2.03. The van der Waals surface area contributed by atoms with Gasteiger partial charge in [-0.25, -0.2) is 0 Å². The maximum Gasteiger partial charge on any atom is 0.261 e. The molecule has 0 bridgehead atoms. The molecule has 0 aromatic rings. The fraction of sp³-hybridized carbons (Fsp3) is 1.00. The summed E-state index contributed by atoms with van der Waals surface area (Å²) in [6, 6.07) is 0. The molecular weight excluding hydrogens is 216 g/mol. The molecule has 0 atom stereocenters. The molecule has 0 saturated carbocycles. The van der Waals surface area contributed by atoms with Gasteiger partial charge in [0.05, 0.1) is 6.26 Å². The Morgan fingerprint density at radius 1 is 0.867 bits per heavy atom. The lowest BCUT2D eigenvalue weighted by molar-refractivity contribution is 0.490. The van der Waals surface area contributed by atoms with Crippen LogP contribution in [0.1, 0.15) is 25.7 Å². The fourth-order valence-corrected chi connectivity index (χ4v) is 1.25. The summed E-state index contributed by atoms with van der Waals surface area (Å²) < 4.78 is 25.9. The van der Waals surface area contributed by atoms with Gasteiger partial charge in [-0.1, -0.05) is 0 Å². The average molecular weight is 238 g/mol. The van der Waals surface area contributed by atoms with E-state index < -0.39 is 10.1 Å². The van der Waals surface area contributed by atoms with Gasteiger partial charge in [0.1, 0.15) is 0 Å². The minimum absolute atomic E-state index is 0.715. The van der Waals surface area contributed by atoms with Crippen molar-refractivity contribution in [2.45, 2.75) is 25.7 Å². The first kappa shape index (κ1) is 14.8. The van der Waals surface area contributed by atoms with Crippen molar-refractivity contribution >= 4 is 10.1 Å². The highest BCUT2D eigenvalue weighted by Crippen LogP contribution is 1.90. The fourth-order valence-electron chi connectivity index (χ4n) is 1.25. The van der Waals surface area contributed by atoms with Crippen molar-refractivity contribution in [2.24, 2.45) is 0 Å². The van der Waals surface area contributed by atoms with Crippen LogP contribution < -0.4 is 10.6 Å². The molecule has 2 heterocycles. The molecule has 0 aromatic heterocycles. The Morgan fingerprint density at radius 2 is 1.07 bits per heavy atom. The summed E-state index contributed by atoms with van der Waals surface area (Å²) in [4.78, 5) is 0. The maximum absolute atomic E-state index is 9.19. The van der Waals surface area contributed by atoms with Gasteiger partial charge in [-0.2, -0.15) is 8.42 Å². The second-order valence-corrected chi connectivity index (χ2v) is 5.11. The molecule has 2 rings (SSSR count). The van der Waals surface area contributed by atoms with Crippen molar-refractivity contribution in [1.29, 1.82) is 0 Å². The zero-order valence-electron chi connectivity index (χ0n) is 9.33. The van der Waals surface area contributed by atoms with Crippen LogP contribution >= 0.6 is 0 Å². The highest BCUT2D eigenvalue weighted by atomic mass is 32.2. The Morgan fingerprint density at radius 3 is 1.13 bits per heavy atom. The molecule has 6 heteroatoms. The molecule has 0 radical (unpaired) electrons. The van der Waals surface area contributed by atoms with Crippen LogP contribution in [0.2, 0.25) is 0 Å². The number of nitrogens with one attached hydrogen (secondary N) is 2. The minimum atomic E-state index is -3.67. The van der Waals surface area contributed by atoms with E-state index in [-0.39, 0.29) is 0 Å². The van der Waals surface area contributed by atoms with Crippen LogP contribution in [-0.4, -0.2) is 45.4 Å². The first-order chi connectivity index (χ1) is 7.00. The second kappa shape index (κ2) is 9.08. The normalized spacial score (nSPS) is 19.9. The first-order valence-electron chi connectivity index (χ1n) is 5.34. The molecule has 0 amide bonds. The molecule has 0 aromatic carbocycles. The summed E-state index contributed by atoms with van der Waals surface area (Å²) in [5.74, 6) is 0. The van der Waals surface area contributed by atoms with Crippen molar-refractivity contribution < 1.29 is 13.0 Å². The largest absolute Gasteiger partial charge is 0.317 e. The van der Waals surface area contributed by atoms with E-state index in [9.17, 15) is 8.42 Å². The smallest absolute Gasteiger partial charge is 0.261 e. The van der Waals surface area contributed by atoms with Crippen molar-refractivity contribution in [3.8, 4) is 0 Å². The molecule has 0 unspecified atom stereocenters.